The zero-order chi connectivity index (χ0) is 15.7. The van der Waals surface area contributed by atoms with Gasteiger partial charge in [0.15, 0.2) is 9.84 Å². The Morgan fingerprint density at radius 3 is 2.91 bits per heavy atom. The quantitative estimate of drug-likeness (QED) is 0.852. The molecule has 0 bridgehead atoms. The average molecular weight is 346 g/mol. The van der Waals surface area contributed by atoms with Crippen molar-refractivity contribution in [2.24, 2.45) is 0 Å². The van der Waals surface area contributed by atoms with Crippen molar-refractivity contribution in [3.8, 4) is 0 Å². The van der Waals surface area contributed by atoms with Gasteiger partial charge in [-0.3, -0.25) is 0 Å². The predicted molar refractivity (Wildman–Crippen MR) is 77.6 cm³/mol. The molecule has 0 amide bonds. The van der Waals surface area contributed by atoms with Crippen molar-refractivity contribution >= 4 is 21.4 Å². The van der Waals surface area contributed by atoms with Crippen LogP contribution in [0.15, 0.2) is 22.7 Å². The molecule has 0 saturated carbocycles. The number of halogens is 2. The van der Waals surface area contributed by atoms with Gasteiger partial charge in [0.2, 0.25) is 0 Å². The van der Waals surface area contributed by atoms with Crippen molar-refractivity contribution in [3.05, 3.63) is 51.6 Å². The van der Waals surface area contributed by atoms with E-state index in [1.807, 2.05) is 0 Å². The van der Waals surface area contributed by atoms with E-state index in [0.29, 0.717) is 30.0 Å². The molecule has 3 rings (SSSR count). The summed E-state index contributed by atoms with van der Waals surface area (Å²) in [5.74, 6) is -0.803. The molecule has 8 heteroatoms. The largest absolute Gasteiger partial charge is 0.376 e. The fourth-order valence-corrected chi connectivity index (χ4v) is 4.13. The molecule has 0 N–H and O–H groups in total. The van der Waals surface area contributed by atoms with E-state index >= 15 is 0 Å². The first-order valence-electron chi connectivity index (χ1n) is 6.63. The Balaban J connectivity index is 1.84. The minimum Gasteiger partial charge on any atom is -0.376 e. The summed E-state index contributed by atoms with van der Waals surface area (Å²) in [4.78, 5) is 0. The van der Waals surface area contributed by atoms with Gasteiger partial charge in [-0.1, -0.05) is 22.8 Å². The molecule has 22 heavy (non-hydrogen) atoms. The van der Waals surface area contributed by atoms with E-state index in [0.717, 1.165) is 0 Å². The highest BCUT2D eigenvalue weighted by atomic mass is 35.5. The molecule has 1 aliphatic rings. The van der Waals surface area contributed by atoms with Gasteiger partial charge in [0.05, 0.1) is 24.7 Å². The number of fused-ring (bicyclic) bond motifs is 1. The van der Waals surface area contributed by atoms with Crippen LogP contribution >= 0.6 is 11.6 Å². The second-order valence-corrected chi connectivity index (χ2v) is 7.54. The lowest BCUT2D eigenvalue weighted by molar-refractivity contribution is 0.102. The highest BCUT2D eigenvalue weighted by Gasteiger charge is 2.25. The van der Waals surface area contributed by atoms with Crippen LogP contribution < -0.4 is 0 Å². The van der Waals surface area contributed by atoms with Crippen molar-refractivity contribution in [3.63, 3.8) is 0 Å². The Morgan fingerprint density at radius 2 is 2.14 bits per heavy atom. The molecular weight excluding hydrogens is 333 g/mol. The highest BCUT2D eigenvalue weighted by molar-refractivity contribution is 7.89. The molecule has 2 heterocycles. The summed E-state index contributed by atoms with van der Waals surface area (Å²) < 4.78 is 48.8. The van der Waals surface area contributed by atoms with Crippen LogP contribution in [-0.2, 0) is 39.1 Å². The summed E-state index contributed by atoms with van der Waals surface area (Å²) in [5.41, 5.74) is 0.967. The number of ether oxygens (including phenoxy) is 1. The summed E-state index contributed by atoms with van der Waals surface area (Å²) in [6, 6.07) is 4.07. The number of nitrogens with zero attached hydrogens (tertiary/aromatic N) is 1. The van der Waals surface area contributed by atoms with Gasteiger partial charge in [0.25, 0.3) is 0 Å². The van der Waals surface area contributed by atoms with Gasteiger partial charge in [-0.2, -0.15) is 0 Å². The van der Waals surface area contributed by atoms with Gasteiger partial charge < -0.3 is 9.26 Å². The van der Waals surface area contributed by atoms with Crippen LogP contribution in [0.1, 0.15) is 22.6 Å². The van der Waals surface area contributed by atoms with E-state index in [1.165, 1.54) is 18.2 Å². The van der Waals surface area contributed by atoms with Crippen molar-refractivity contribution in [1.29, 1.82) is 0 Å². The number of hydrogen-bond acceptors (Lipinski definition) is 5. The smallest absolute Gasteiger partial charge is 0.160 e. The van der Waals surface area contributed by atoms with Crippen LogP contribution in [0.2, 0.25) is 5.02 Å². The molecule has 1 aliphatic heterocycles. The summed E-state index contributed by atoms with van der Waals surface area (Å²) in [6.07, 6.45) is 0.571. The molecule has 0 unspecified atom stereocenters. The van der Waals surface area contributed by atoms with E-state index in [4.69, 9.17) is 20.9 Å². The van der Waals surface area contributed by atoms with Crippen LogP contribution in [0, 0.1) is 5.82 Å². The maximum Gasteiger partial charge on any atom is 0.160 e. The molecule has 5 nitrogen and oxygen atoms in total. The van der Waals surface area contributed by atoms with Crippen molar-refractivity contribution in [1.82, 2.24) is 5.16 Å². The number of rotatable bonds is 4. The van der Waals surface area contributed by atoms with E-state index < -0.39 is 21.4 Å². The van der Waals surface area contributed by atoms with Gasteiger partial charge >= 0.3 is 0 Å². The standard InChI is InChI=1S/C14H13ClFNO4S/c15-11-2-1-3-12(16)10(11)7-22(18,19)8-13-9-6-20-5-4-14(9)21-17-13/h1-3H,4-8H2. The molecule has 2 aromatic rings. The second-order valence-electron chi connectivity index (χ2n) is 5.07. The average Bonchev–Trinajstić information content (AvgIpc) is 2.86. The Morgan fingerprint density at radius 1 is 1.32 bits per heavy atom. The lowest BCUT2D eigenvalue weighted by Crippen LogP contribution is -2.13. The van der Waals surface area contributed by atoms with Gasteiger partial charge in [-0.25, -0.2) is 12.8 Å². The third-order valence-corrected chi connectivity index (χ3v) is 5.25. The number of hydrogen-bond donors (Lipinski definition) is 0. The lowest BCUT2D eigenvalue weighted by atomic mass is 10.1. The van der Waals surface area contributed by atoms with Gasteiger partial charge in [-0.05, 0) is 12.1 Å². The van der Waals surface area contributed by atoms with Crippen LogP contribution in [0.25, 0.3) is 0 Å². The molecule has 1 aromatic heterocycles. The Labute approximate surface area is 131 Å². The number of benzene rings is 1. The fourth-order valence-electron chi connectivity index (χ4n) is 2.34. The normalized spacial score (nSPS) is 14.8. The molecule has 0 radical (unpaired) electrons. The van der Waals surface area contributed by atoms with E-state index in [9.17, 15) is 12.8 Å². The predicted octanol–water partition coefficient (Wildman–Crippen LogP) is 2.65. The van der Waals surface area contributed by atoms with Crippen molar-refractivity contribution < 1.29 is 22.1 Å². The second kappa shape index (κ2) is 5.98. The van der Waals surface area contributed by atoms with Crippen LogP contribution in [-0.4, -0.2) is 20.2 Å². The Bertz CT molecular complexity index is 783. The molecular formula is C14H13ClFNO4S. The summed E-state index contributed by atoms with van der Waals surface area (Å²) >= 11 is 5.87. The molecule has 1 aromatic carbocycles. The lowest BCUT2D eigenvalue weighted by Gasteiger charge is -2.11. The topological polar surface area (TPSA) is 69.4 Å². The van der Waals surface area contributed by atoms with Gasteiger partial charge in [0, 0.05) is 22.6 Å². The first kappa shape index (κ1) is 15.5. The highest BCUT2D eigenvalue weighted by Crippen LogP contribution is 2.25. The number of aromatic nitrogens is 1. The van der Waals surface area contributed by atoms with E-state index in [-0.39, 0.29) is 22.9 Å². The summed E-state index contributed by atoms with van der Waals surface area (Å²) in [5, 5.41) is 3.90. The first-order chi connectivity index (χ1) is 10.5. The summed E-state index contributed by atoms with van der Waals surface area (Å²) in [6.45, 7) is 0.809. The third kappa shape index (κ3) is 3.16. The van der Waals surface area contributed by atoms with Crippen LogP contribution in [0.3, 0.4) is 0 Å². The monoisotopic (exact) mass is 345 g/mol. The van der Waals surface area contributed by atoms with Gasteiger partial charge in [0.1, 0.15) is 17.3 Å². The Kier molecular flexibility index (Phi) is 4.20. The van der Waals surface area contributed by atoms with Crippen molar-refractivity contribution in [2.45, 2.75) is 24.5 Å². The molecule has 0 saturated heterocycles. The van der Waals surface area contributed by atoms with E-state index in [2.05, 4.69) is 5.16 Å². The molecule has 118 valence electrons. The minimum atomic E-state index is -3.64. The number of sulfone groups is 1. The molecule has 0 aliphatic carbocycles. The fraction of sp³-hybridized carbons (Fsp3) is 0.357. The zero-order valence-corrected chi connectivity index (χ0v) is 13.1. The maximum absolute atomic E-state index is 13.7. The maximum atomic E-state index is 13.7. The minimum absolute atomic E-state index is 0.0298. The molecule has 0 spiro atoms. The van der Waals surface area contributed by atoms with Crippen LogP contribution in [0.4, 0.5) is 4.39 Å². The first-order valence-corrected chi connectivity index (χ1v) is 8.83. The van der Waals surface area contributed by atoms with Crippen LogP contribution in [0.5, 0.6) is 0 Å². The molecule has 0 fully saturated rings. The SMILES string of the molecule is O=S(=O)(Cc1noc2c1COCC2)Cc1c(F)cccc1Cl. The molecule has 0 atom stereocenters. The zero-order valence-electron chi connectivity index (χ0n) is 11.5. The van der Waals surface area contributed by atoms with Gasteiger partial charge in [-0.15, -0.1) is 0 Å². The Hall–Kier alpha value is -1.44. The summed E-state index contributed by atoms with van der Waals surface area (Å²) in [7, 11) is -3.64. The van der Waals surface area contributed by atoms with Crippen molar-refractivity contribution in [2.75, 3.05) is 6.61 Å². The van der Waals surface area contributed by atoms with E-state index in [1.54, 1.807) is 0 Å². The third-order valence-electron chi connectivity index (χ3n) is 3.45.